The Morgan fingerprint density at radius 3 is 2.82 bits per heavy atom. The molecule has 2 nitrogen and oxygen atoms in total. The van der Waals surface area contributed by atoms with Gasteiger partial charge in [0.2, 0.25) is 0 Å². The van der Waals surface area contributed by atoms with Gasteiger partial charge in [-0.15, -0.1) is 0 Å². The minimum atomic E-state index is -0.305. The summed E-state index contributed by atoms with van der Waals surface area (Å²) < 4.78 is 13.5. The van der Waals surface area contributed by atoms with Crippen molar-refractivity contribution in [3.05, 3.63) is 33.1 Å². The van der Waals surface area contributed by atoms with E-state index in [9.17, 15) is 9.18 Å². The number of hydrogen-bond donors (Lipinski definition) is 1. The van der Waals surface area contributed by atoms with Crippen LogP contribution >= 0.6 is 22.6 Å². The Balaban J connectivity index is 1.85. The fraction of sp³-hybridized carbons (Fsp3) is 0.462. The van der Waals surface area contributed by atoms with E-state index in [0.717, 1.165) is 18.9 Å². The van der Waals surface area contributed by atoms with Gasteiger partial charge in [-0.25, -0.2) is 4.39 Å². The number of carbonyl (C=O) groups is 1. The standard InChI is InChI=1S/C13H15FINO/c14-10-4-5-11(12(15)8-10)13(17)16-7-6-9-2-1-3-9/h4-5,8-9H,1-3,6-7H2,(H,16,17). The zero-order valence-electron chi connectivity index (χ0n) is 9.51. The van der Waals surface area contributed by atoms with Crippen LogP contribution in [0.1, 0.15) is 36.0 Å². The van der Waals surface area contributed by atoms with Crippen LogP contribution < -0.4 is 5.32 Å². The lowest BCUT2D eigenvalue weighted by atomic mass is 9.83. The second-order valence-electron chi connectivity index (χ2n) is 4.47. The molecule has 0 aliphatic heterocycles. The minimum Gasteiger partial charge on any atom is -0.352 e. The van der Waals surface area contributed by atoms with Crippen LogP contribution in [0.3, 0.4) is 0 Å². The van der Waals surface area contributed by atoms with Gasteiger partial charge in [0.25, 0.3) is 5.91 Å². The van der Waals surface area contributed by atoms with Crippen LogP contribution in [-0.4, -0.2) is 12.5 Å². The zero-order chi connectivity index (χ0) is 12.3. The topological polar surface area (TPSA) is 29.1 Å². The van der Waals surface area contributed by atoms with E-state index in [4.69, 9.17) is 0 Å². The molecule has 4 heteroatoms. The highest BCUT2D eigenvalue weighted by atomic mass is 127. The number of amides is 1. The summed E-state index contributed by atoms with van der Waals surface area (Å²) in [4.78, 5) is 11.8. The molecule has 0 unspecified atom stereocenters. The highest BCUT2D eigenvalue weighted by Gasteiger charge is 2.17. The minimum absolute atomic E-state index is 0.103. The second-order valence-corrected chi connectivity index (χ2v) is 5.63. The SMILES string of the molecule is O=C(NCCC1CCC1)c1ccc(F)cc1I. The first-order chi connectivity index (χ1) is 8.16. The maximum absolute atomic E-state index is 12.9. The molecule has 1 fully saturated rings. The smallest absolute Gasteiger partial charge is 0.252 e. The van der Waals surface area contributed by atoms with Gasteiger partial charge >= 0.3 is 0 Å². The highest BCUT2D eigenvalue weighted by molar-refractivity contribution is 14.1. The maximum atomic E-state index is 12.9. The number of nitrogens with one attached hydrogen (secondary N) is 1. The van der Waals surface area contributed by atoms with Gasteiger partial charge in [-0.1, -0.05) is 19.3 Å². The molecule has 1 saturated carbocycles. The average molecular weight is 347 g/mol. The molecule has 0 spiro atoms. The molecule has 1 aliphatic carbocycles. The molecule has 1 amide bonds. The van der Waals surface area contributed by atoms with E-state index in [1.165, 1.54) is 37.5 Å². The Hall–Kier alpha value is -0.650. The summed E-state index contributed by atoms with van der Waals surface area (Å²) in [5.41, 5.74) is 0.556. The fourth-order valence-corrected chi connectivity index (χ4v) is 2.66. The Morgan fingerprint density at radius 1 is 1.47 bits per heavy atom. The van der Waals surface area contributed by atoms with Crippen molar-refractivity contribution in [2.45, 2.75) is 25.7 Å². The lowest BCUT2D eigenvalue weighted by Crippen LogP contribution is -2.28. The van der Waals surface area contributed by atoms with E-state index in [2.05, 4.69) is 5.32 Å². The molecular formula is C13H15FINO. The van der Waals surface area contributed by atoms with E-state index in [1.54, 1.807) is 0 Å². The number of carbonyl (C=O) groups excluding carboxylic acids is 1. The third-order valence-corrected chi connectivity index (χ3v) is 4.13. The van der Waals surface area contributed by atoms with Crippen molar-refractivity contribution in [1.29, 1.82) is 0 Å². The van der Waals surface area contributed by atoms with Crippen LogP contribution in [0, 0.1) is 15.3 Å². The van der Waals surface area contributed by atoms with Crippen molar-refractivity contribution in [2.24, 2.45) is 5.92 Å². The Bertz CT molecular complexity index is 418. The molecule has 2 rings (SSSR count). The van der Waals surface area contributed by atoms with Crippen molar-refractivity contribution < 1.29 is 9.18 Å². The van der Waals surface area contributed by atoms with Crippen LogP contribution in [0.15, 0.2) is 18.2 Å². The van der Waals surface area contributed by atoms with Crippen molar-refractivity contribution in [2.75, 3.05) is 6.54 Å². The van der Waals surface area contributed by atoms with Gasteiger partial charge < -0.3 is 5.32 Å². The first kappa shape index (κ1) is 12.8. The third-order valence-electron chi connectivity index (χ3n) is 3.24. The van der Waals surface area contributed by atoms with Crippen LogP contribution in [0.4, 0.5) is 4.39 Å². The van der Waals surface area contributed by atoms with Gasteiger partial charge in [-0.05, 0) is 53.1 Å². The van der Waals surface area contributed by atoms with Crippen molar-refractivity contribution >= 4 is 28.5 Å². The molecule has 1 aliphatic rings. The summed E-state index contributed by atoms with van der Waals surface area (Å²) in [5, 5.41) is 2.89. The summed E-state index contributed by atoms with van der Waals surface area (Å²) in [7, 11) is 0. The average Bonchev–Trinajstić information content (AvgIpc) is 2.21. The van der Waals surface area contributed by atoms with Crippen molar-refractivity contribution in [1.82, 2.24) is 5.32 Å². The van der Waals surface area contributed by atoms with Crippen LogP contribution in [0.5, 0.6) is 0 Å². The molecule has 1 aromatic carbocycles. The van der Waals surface area contributed by atoms with Gasteiger partial charge in [0.15, 0.2) is 0 Å². The first-order valence-electron chi connectivity index (χ1n) is 5.90. The molecule has 0 heterocycles. The van der Waals surface area contributed by atoms with E-state index >= 15 is 0 Å². The van der Waals surface area contributed by atoms with Crippen LogP contribution in [0.25, 0.3) is 0 Å². The zero-order valence-corrected chi connectivity index (χ0v) is 11.7. The number of rotatable bonds is 4. The van der Waals surface area contributed by atoms with E-state index in [1.807, 2.05) is 22.6 Å². The van der Waals surface area contributed by atoms with Gasteiger partial charge in [-0.3, -0.25) is 4.79 Å². The van der Waals surface area contributed by atoms with E-state index in [-0.39, 0.29) is 11.7 Å². The Labute approximate surface area is 114 Å². The Morgan fingerprint density at radius 2 is 2.24 bits per heavy atom. The largest absolute Gasteiger partial charge is 0.352 e. The Kier molecular flexibility index (Phi) is 4.36. The van der Waals surface area contributed by atoms with Crippen molar-refractivity contribution in [3.8, 4) is 0 Å². The summed E-state index contributed by atoms with van der Waals surface area (Å²) >= 11 is 1.98. The number of benzene rings is 1. The lowest BCUT2D eigenvalue weighted by molar-refractivity contribution is 0.0948. The highest BCUT2D eigenvalue weighted by Crippen LogP contribution is 2.28. The molecule has 1 N–H and O–H groups in total. The monoisotopic (exact) mass is 347 g/mol. The third kappa shape index (κ3) is 3.40. The van der Waals surface area contributed by atoms with Gasteiger partial charge in [0, 0.05) is 10.1 Å². The molecular weight excluding hydrogens is 332 g/mol. The fourth-order valence-electron chi connectivity index (χ4n) is 1.94. The molecule has 17 heavy (non-hydrogen) atoms. The molecule has 0 saturated heterocycles. The first-order valence-corrected chi connectivity index (χ1v) is 6.98. The summed E-state index contributed by atoms with van der Waals surface area (Å²) in [5.74, 6) is 0.386. The summed E-state index contributed by atoms with van der Waals surface area (Å²) in [6, 6.07) is 4.24. The van der Waals surface area contributed by atoms with Gasteiger partial charge in [0.05, 0.1) is 5.56 Å². The van der Waals surface area contributed by atoms with Crippen molar-refractivity contribution in [3.63, 3.8) is 0 Å². The van der Waals surface area contributed by atoms with Gasteiger partial charge in [0.1, 0.15) is 5.82 Å². The normalized spacial score (nSPS) is 15.4. The quantitative estimate of drug-likeness (QED) is 0.832. The van der Waals surface area contributed by atoms with Crippen LogP contribution in [-0.2, 0) is 0 Å². The molecule has 0 bridgehead atoms. The van der Waals surface area contributed by atoms with E-state index in [0.29, 0.717) is 9.13 Å². The summed E-state index contributed by atoms with van der Waals surface area (Å²) in [6.45, 7) is 0.719. The van der Waals surface area contributed by atoms with Gasteiger partial charge in [-0.2, -0.15) is 0 Å². The van der Waals surface area contributed by atoms with E-state index < -0.39 is 0 Å². The molecule has 92 valence electrons. The second kappa shape index (κ2) is 5.80. The summed E-state index contributed by atoms with van der Waals surface area (Å²) in [6.07, 6.45) is 4.98. The molecule has 0 aromatic heterocycles. The molecule has 1 aromatic rings. The number of halogens is 2. The maximum Gasteiger partial charge on any atom is 0.252 e. The molecule has 0 atom stereocenters. The molecule has 0 radical (unpaired) electrons. The predicted octanol–water partition coefficient (Wildman–Crippen LogP) is 3.35. The van der Waals surface area contributed by atoms with Crippen LogP contribution in [0.2, 0.25) is 0 Å². The number of hydrogen-bond acceptors (Lipinski definition) is 1. The lowest BCUT2D eigenvalue weighted by Gasteiger charge is -2.25. The predicted molar refractivity (Wildman–Crippen MR) is 73.4 cm³/mol.